The molecule has 44 heavy (non-hydrogen) atoms. The molecule has 2 unspecified atom stereocenters. The maximum Gasteiger partial charge on any atom is 0.278 e. The van der Waals surface area contributed by atoms with E-state index in [9.17, 15) is 9.00 Å². The van der Waals surface area contributed by atoms with E-state index >= 15 is 13.2 Å². The summed E-state index contributed by atoms with van der Waals surface area (Å²) in [4.78, 5) is 25.2. The SMILES string of the molecule is O=c1c(C2CCS(=O)CC2)cc2c3ncnc2n1CCCCCCCN1C2CC1CC(C2)C(F)(F)c1cccc(c1F)CN3. The summed E-state index contributed by atoms with van der Waals surface area (Å²) in [7, 11) is -0.858. The van der Waals surface area contributed by atoms with Crippen molar-refractivity contribution >= 4 is 27.7 Å². The van der Waals surface area contributed by atoms with Crippen molar-refractivity contribution in [2.24, 2.45) is 5.92 Å². The van der Waals surface area contributed by atoms with Crippen LogP contribution in [0.2, 0.25) is 0 Å². The van der Waals surface area contributed by atoms with E-state index in [1.165, 1.54) is 24.5 Å². The Kier molecular flexibility index (Phi) is 8.28. The van der Waals surface area contributed by atoms with Gasteiger partial charge in [-0.1, -0.05) is 37.5 Å². The van der Waals surface area contributed by atoms with Gasteiger partial charge in [0.1, 0.15) is 23.6 Å². The first-order chi connectivity index (χ1) is 21.3. The molecule has 1 N–H and O–H groups in total. The number of nitrogens with zero attached hydrogens (tertiary/aromatic N) is 4. The second-order valence-corrected chi connectivity index (χ2v) is 14.8. The van der Waals surface area contributed by atoms with Gasteiger partial charge in [-0.25, -0.2) is 23.1 Å². The number of alkyl halides is 2. The fraction of sp³-hybridized carbons (Fsp3) is 0.606. The third kappa shape index (κ3) is 5.48. The number of hydrogen-bond acceptors (Lipinski definition) is 6. The molecule has 1 saturated carbocycles. The number of aryl methyl sites for hydroxylation is 1. The fourth-order valence-electron chi connectivity index (χ4n) is 8.04. The largest absolute Gasteiger partial charge is 0.365 e. The molecule has 0 radical (unpaired) electrons. The summed E-state index contributed by atoms with van der Waals surface area (Å²) in [5.74, 6) is -3.44. The minimum Gasteiger partial charge on any atom is -0.365 e. The number of pyridine rings is 1. The Morgan fingerprint density at radius 1 is 0.955 bits per heavy atom. The molecule has 1 aliphatic carbocycles. The maximum atomic E-state index is 15.9. The molecule has 0 spiro atoms. The Morgan fingerprint density at radius 2 is 1.68 bits per heavy atom. The highest BCUT2D eigenvalue weighted by atomic mass is 32.2. The van der Waals surface area contributed by atoms with Crippen LogP contribution < -0.4 is 10.9 Å². The molecule has 7 heterocycles. The highest BCUT2D eigenvalue weighted by Gasteiger charge is 2.54. The Hall–Kier alpha value is -2.79. The van der Waals surface area contributed by atoms with E-state index in [0.717, 1.165) is 45.1 Å². The van der Waals surface area contributed by atoms with Crippen LogP contribution in [-0.2, 0) is 29.8 Å². The van der Waals surface area contributed by atoms with Gasteiger partial charge in [-0.05, 0) is 63.5 Å². The predicted molar refractivity (Wildman–Crippen MR) is 166 cm³/mol. The average Bonchev–Trinajstić information content (AvgIpc) is 3.02. The standard InChI is InChI=1S/C33H40F3N5O2S/c34-29-22-7-6-8-28(29)33(35,36)23-15-24-17-25(16-23)40(24)11-4-2-1-3-5-12-41-31-27(30(37-19-22)38-20-39-31)18-26(32(41)42)21-9-13-44(43)14-10-21/h6-8,18,20-21,23-25H,1-5,9-17,19H2,(H,37,38,39). The predicted octanol–water partition coefficient (Wildman–Crippen LogP) is 6.08. The molecule has 3 aromatic rings. The van der Waals surface area contributed by atoms with Gasteiger partial charge in [-0.15, -0.1) is 0 Å². The molecule has 1 aromatic carbocycles. The number of hydrogen-bond donors (Lipinski definition) is 1. The fourth-order valence-corrected chi connectivity index (χ4v) is 9.34. The second-order valence-electron chi connectivity index (χ2n) is 13.1. The van der Waals surface area contributed by atoms with Gasteiger partial charge in [0, 0.05) is 64.5 Å². The Balaban J connectivity index is 1.25. The molecule has 6 aliphatic rings. The highest BCUT2D eigenvalue weighted by molar-refractivity contribution is 7.85. The molecule has 2 atom stereocenters. The van der Waals surface area contributed by atoms with Crippen molar-refractivity contribution in [1.82, 2.24) is 19.4 Å². The summed E-state index contributed by atoms with van der Waals surface area (Å²) in [6.07, 6.45) is 9.43. The minimum atomic E-state index is -3.25. The van der Waals surface area contributed by atoms with Crippen LogP contribution in [0.3, 0.4) is 0 Å². The lowest BCUT2D eigenvalue weighted by atomic mass is 9.70. The lowest BCUT2D eigenvalue weighted by molar-refractivity contribution is -0.145. The van der Waals surface area contributed by atoms with Crippen molar-refractivity contribution in [2.75, 3.05) is 23.4 Å². The summed E-state index contributed by atoms with van der Waals surface area (Å²) >= 11 is 0. The van der Waals surface area contributed by atoms with Crippen molar-refractivity contribution in [2.45, 2.75) is 101 Å². The van der Waals surface area contributed by atoms with Crippen LogP contribution in [0.1, 0.15) is 86.8 Å². The zero-order valence-corrected chi connectivity index (χ0v) is 25.8. The third-order valence-corrected chi connectivity index (χ3v) is 11.9. The van der Waals surface area contributed by atoms with E-state index in [1.54, 1.807) is 4.57 Å². The Bertz CT molecular complexity index is 1610. The molecule has 7 nitrogen and oxygen atoms in total. The van der Waals surface area contributed by atoms with Gasteiger partial charge < -0.3 is 5.32 Å². The first-order valence-electron chi connectivity index (χ1n) is 16.2. The van der Waals surface area contributed by atoms with Crippen molar-refractivity contribution < 1.29 is 17.4 Å². The monoisotopic (exact) mass is 627 g/mol. The first-order valence-corrected chi connectivity index (χ1v) is 17.7. The minimum absolute atomic E-state index is 0.00803. The summed E-state index contributed by atoms with van der Waals surface area (Å²) in [6, 6.07) is 6.42. The molecule has 3 saturated heterocycles. The molecular weight excluding hydrogens is 587 g/mol. The number of halogens is 3. The van der Waals surface area contributed by atoms with E-state index < -0.39 is 34.0 Å². The van der Waals surface area contributed by atoms with E-state index in [-0.39, 0.29) is 35.7 Å². The van der Waals surface area contributed by atoms with Gasteiger partial charge in [0.05, 0.1) is 10.9 Å². The van der Waals surface area contributed by atoms with Crippen LogP contribution >= 0.6 is 0 Å². The van der Waals surface area contributed by atoms with Gasteiger partial charge in [-0.3, -0.25) is 18.5 Å². The van der Waals surface area contributed by atoms with Crippen LogP contribution in [0.4, 0.5) is 19.0 Å². The van der Waals surface area contributed by atoms with E-state index in [0.29, 0.717) is 66.1 Å². The lowest BCUT2D eigenvalue weighted by Crippen LogP contribution is -2.62. The van der Waals surface area contributed by atoms with Crippen LogP contribution in [0, 0.1) is 11.7 Å². The van der Waals surface area contributed by atoms with Gasteiger partial charge >= 0.3 is 0 Å². The zero-order valence-electron chi connectivity index (χ0n) is 25.0. The molecule has 9 rings (SSSR count). The van der Waals surface area contributed by atoms with E-state index in [2.05, 4.69) is 20.2 Å². The molecule has 5 aliphatic heterocycles. The normalized spacial score (nSPS) is 30.7. The molecule has 11 heteroatoms. The maximum absolute atomic E-state index is 15.9. The van der Waals surface area contributed by atoms with Gasteiger partial charge in [0.15, 0.2) is 0 Å². The number of anilines is 1. The Morgan fingerprint density at radius 3 is 2.45 bits per heavy atom. The Labute approximate surface area is 258 Å². The number of fused-ring (bicyclic) bond motifs is 7. The number of piperidine rings is 1. The molecular formula is C33H40F3N5O2S. The quantitative estimate of drug-likeness (QED) is 0.353. The van der Waals surface area contributed by atoms with Gasteiger partial charge in [0.2, 0.25) is 0 Å². The number of aromatic nitrogens is 3. The molecule has 4 fully saturated rings. The zero-order chi connectivity index (χ0) is 30.4. The van der Waals surface area contributed by atoms with Crippen LogP contribution in [0.25, 0.3) is 11.0 Å². The van der Waals surface area contributed by atoms with Crippen molar-refractivity contribution in [3.05, 3.63) is 63.5 Å². The van der Waals surface area contributed by atoms with Crippen LogP contribution in [-0.4, -0.2) is 53.8 Å². The highest BCUT2D eigenvalue weighted by Crippen LogP contribution is 2.51. The van der Waals surface area contributed by atoms with E-state index in [1.807, 2.05) is 6.07 Å². The van der Waals surface area contributed by atoms with Crippen molar-refractivity contribution in [3.8, 4) is 0 Å². The number of rotatable bonds is 1. The summed E-state index contributed by atoms with van der Waals surface area (Å²) in [5, 5.41) is 3.83. The lowest BCUT2D eigenvalue weighted by Gasteiger charge is -2.56. The van der Waals surface area contributed by atoms with Crippen molar-refractivity contribution in [3.63, 3.8) is 0 Å². The molecule has 236 valence electrons. The summed E-state index contributed by atoms with van der Waals surface area (Å²) in [6.45, 7) is 1.41. The third-order valence-electron chi connectivity index (χ3n) is 10.5. The molecule has 2 aromatic heterocycles. The van der Waals surface area contributed by atoms with Gasteiger partial charge in [-0.2, -0.15) is 0 Å². The molecule has 0 amide bonds. The summed E-state index contributed by atoms with van der Waals surface area (Å²) < 4.78 is 61.4. The smallest absolute Gasteiger partial charge is 0.278 e. The second kappa shape index (κ2) is 12.2. The van der Waals surface area contributed by atoms with Gasteiger partial charge in [0.25, 0.3) is 11.5 Å². The first kappa shape index (κ1) is 29.9. The number of benzene rings is 1. The van der Waals surface area contributed by atoms with Crippen molar-refractivity contribution in [1.29, 1.82) is 0 Å². The average molecular weight is 628 g/mol. The number of nitrogens with one attached hydrogen (secondary N) is 1. The van der Waals surface area contributed by atoms with E-state index in [4.69, 9.17) is 0 Å². The summed E-state index contributed by atoms with van der Waals surface area (Å²) in [5.41, 5.74) is 0.721. The topological polar surface area (TPSA) is 80.1 Å². The van der Waals surface area contributed by atoms with Crippen LogP contribution in [0.15, 0.2) is 35.4 Å². The van der Waals surface area contributed by atoms with Crippen LogP contribution in [0.5, 0.6) is 0 Å². The molecule has 10 bridgehead atoms.